The van der Waals surface area contributed by atoms with Gasteiger partial charge in [0.1, 0.15) is 0 Å². The van der Waals surface area contributed by atoms with E-state index in [9.17, 15) is 13.4 Å². The molecular formula is C2H3BF2NO2-. The van der Waals surface area contributed by atoms with E-state index in [1.807, 2.05) is 0 Å². The number of carbonyl (C=O) groups excluding carboxylic acids is 1. The van der Waals surface area contributed by atoms with Crippen molar-refractivity contribution in [3.05, 3.63) is 0 Å². The molecule has 1 fully saturated rings. The zero-order chi connectivity index (χ0) is 6.20. The van der Waals surface area contributed by atoms with Crippen LogP contribution in [0, 0.1) is 0 Å². The summed E-state index contributed by atoms with van der Waals surface area (Å²) in [5.74, 6) is -0.894. The van der Waals surface area contributed by atoms with Crippen molar-refractivity contribution < 1.29 is 18.1 Å². The van der Waals surface area contributed by atoms with Crippen LogP contribution in [-0.4, -0.2) is 19.6 Å². The van der Waals surface area contributed by atoms with Crippen LogP contribution >= 0.6 is 0 Å². The number of rotatable bonds is 0. The summed E-state index contributed by atoms with van der Waals surface area (Å²) < 4.78 is 26.9. The average molecular weight is 122 g/mol. The van der Waals surface area contributed by atoms with Crippen LogP contribution in [0.2, 0.25) is 0 Å². The standard InChI is InChI=1S/C2H3BF2NO2/c4-3(5)6-1-2(7)8-3/h6H,1H2/q-1. The molecule has 0 aromatic carbocycles. The molecule has 0 spiro atoms. The first-order valence-corrected chi connectivity index (χ1v) is 2.08. The van der Waals surface area contributed by atoms with Gasteiger partial charge >= 0.3 is 7.04 Å². The van der Waals surface area contributed by atoms with Crippen LogP contribution in [0.3, 0.4) is 0 Å². The molecule has 1 N–H and O–H groups in total. The second kappa shape index (κ2) is 1.41. The van der Waals surface area contributed by atoms with Gasteiger partial charge in [0.25, 0.3) is 5.97 Å². The normalized spacial score (nSPS) is 25.5. The molecule has 1 heterocycles. The molecule has 0 atom stereocenters. The van der Waals surface area contributed by atoms with Crippen molar-refractivity contribution in [2.45, 2.75) is 0 Å². The quantitative estimate of drug-likeness (QED) is 0.440. The van der Waals surface area contributed by atoms with Crippen molar-refractivity contribution in [1.82, 2.24) is 5.23 Å². The van der Waals surface area contributed by atoms with Gasteiger partial charge in [-0.05, 0) is 0 Å². The fourth-order valence-electron chi connectivity index (χ4n) is 0.451. The first-order valence-electron chi connectivity index (χ1n) is 2.08. The lowest BCUT2D eigenvalue weighted by Crippen LogP contribution is -2.37. The maximum Gasteiger partial charge on any atom is 0.591 e. The van der Waals surface area contributed by atoms with Crippen LogP contribution < -0.4 is 5.23 Å². The minimum atomic E-state index is -4.00. The predicted molar refractivity (Wildman–Crippen MR) is 22.1 cm³/mol. The summed E-state index contributed by atoms with van der Waals surface area (Å²) in [5.41, 5.74) is 0. The molecule has 8 heavy (non-hydrogen) atoms. The molecule has 0 aromatic rings. The van der Waals surface area contributed by atoms with Crippen molar-refractivity contribution in [3.63, 3.8) is 0 Å². The number of halogens is 2. The van der Waals surface area contributed by atoms with Crippen molar-refractivity contribution >= 4 is 13.0 Å². The first-order chi connectivity index (χ1) is 3.60. The Labute approximate surface area is 44.1 Å². The minimum absolute atomic E-state index is 0.382. The van der Waals surface area contributed by atoms with Gasteiger partial charge < -0.3 is 18.5 Å². The number of hydrogen-bond donors (Lipinski definition) is 1. The molecule has 0 aromatic heterocycles. The molecule has 3 nitrogen and oxygen atoms in total. The lowest BCUT2D eigenvalue weighted by atomic mass is 10.1. The summed E-state index contributed by atoms with van der Waals surface area (Å²) in [6.07, 6.45) is 0. The number of nitrogens with one attached hydrogen (secondary N) is 1. The van der Waals surface area contributed by atoms with Crippen molar-refractivity contribution in [3.8, 4) is 0 Å². The van der Waals surface area contributed by atoms with Gasteiger partial charge in [0.05, 0.1) is 6.54 Å². The molecule has 0 unspecified atom stereocenters. The third-order valence-corrected chi connectivity index (χ3v) is 0.763. The van der Waals surface area contributed by atoms with E-state index in [0.717, 1.165) is 0 Å². The predicted octanol–water partition coefficient (Wildman–Crippen LogP) is -0.493. The van der Waals surface area contributed by atoms with Gasteiger partial charge in [-0.2, -0.15) is 0 Å². The molecule has 1 aliphatic heterocycles. The van der Waals surface area contributed by atoms with Gasteiger partial charge in [0.2, 0.25) is 0 Å². The Morgan fingerprint density at radius 1 is 1.75 bits per heavy atom. The summed E-state index contributed by atoms with van der Waals surface area (Å²) in [7, 11) is -4.00. The van der Waals surface area contributed by atoms with E-state index >= 15 is 0 Å². The molecule has 0 amide bonds. The van der Waals surface area contributed by atoms with E-state index in [4.69, 9.17) is 0 Å². The van der Waals surface area contributed by atoms with Crippen LogP contribution in [0.1, 0.15) is 0 Å². The molecule has 46 valence electrons. The number of hydrogen-bond acceptors (Lipinski definition) is 3. The monoisotopic (exact) mass is 122 g/mol. The summed E-state index contributed by atoms with van der Waals surface area (Å²) in [6, 6.07) is 0. The fraction of sp³-hybridized carbons (Fsp3) is 0.500. The highest BCUT2D eigenvalue weighted by atomic mass is 19.3. The fourth-order valence-corrected chi connectivity index (χ4v) is 0.451. The minimum Gasteiger partial charge on any atom is -0.623 e. The van der Waals surface area contributed by atoms with E-state index in [-0.39, 0.29) is 6.54 Å². The molecular weight excluding hydrogens is 119 g/mol. The zero-order valence-electron chi connectivity index (χ0n) is 3.86. The van der Waals surface area contributed by atoms with Crippen molar-refractivity contribution in [2.24, 2.45) is 0 Å². The summed E-state index contributed by atoms with van der Waals surface area (Å²) >= 11 is 0. The molecule has 1 aliphatic rings. The van der Waals surface area contributed by atoms with Crippen LogP contribution in [0.25, 0.3) is 0 Å². The van der Waals surface area contributed by atoms with E-state index in [1.54, 1.807) is 5.23 Å². The summed E-state index contributed by atoms with van der Waals surface area (Å²) in [5, 5.41) is 1.60. The number of carbonyl (C=O) groups is 1. The maximum atomic E-state index is 11.7. The van der Waals surface area contributed by atoms with Gasteiger partial charge in [-0.1, -0.05) is 0 Å². The Bertz CT molecular complexity index is 127. The molecule has 0 radical (unpaired) electrons. The van der Waals surface area contributed by atoms with E-state index in [1.165, 1.54) is 0 Å². The molecule has 0 aliphatic carbocycles. The SMILES string of the molecule is O=C1CN[B-](F)(F)O1. The molecule has 0 bridgehead atoms. The maximum absolute atomic E-state index is 11.7. The zero-order valence-corrected chi connectivity index (χ0v) is 3.86. The van der Waals surface area contributed by atoms with Crippen LogP contribution in [0.4, 0.5) is 8.63 Å². The van der Waals surface area contributed by atoms with E-state index in [2.05, 4.69) is 4.65 Å². The third-order valence-electron chi connectivity index (χ3n) is 0.763. The molecule has 6 heteroatoms. The largest absolute Gasteiger partial charge is 0.623 e. The third kappa shape index (κ3) is 0.947. The van der Waals surface area contributed by atoms with Crippen molar-refractivity contribution in [1.29, 1.82) is 0 Å². The highest BCUT2D eigenvalue weighted by molar-refractivity contribution is 6.60. The summed E-state index contributed by atoms with van der Waals surface area (Å²) in [4.78, 5) is 9.91. The van der Waals surface area contributed by atoms with Gasteiger partial charge in [0.15, 0.2) is 0 Å². The highest BCUT2D eigenvalue weighted by Crippen LogP contribution is 2.09. The van der Waals surface area contributed by atoms with Crippen LogP contribution in [0.5, 0.6) is 0 Å². The van der Waals surface area contributed by atoms with Crippen LogP contribution in [0.15, 0.2) is 0 Å². The van der Waals surface area contributed by atoms with E-state index in [0.29, 0.717) is 0 Å². The molecule has 1 rings (SSSR count). The summed E-state index contributed by atoms with van der Waals surface area (Å²) in [6.45, 7) is -0.382. The van der Waals surface area contributed by atoms with Gasteiger partial charge in [-0.3, -0.25) is 4.79 Å². The highest BCUT2D eigenvalue weighted by Gasteiger charge is 2.35. The van der Waals surface area contributed by atoms with Crippen LogP contribution in [-0.2, 0) is 9.45 Å². The Kier molecular flexibility index (Phi) is 0.970. The van der Waals surface area contributed by atoms with Gasteiger partial charge in [0, 0.05) is 0 Å². The van der Waals surface area contributed by atoms with Gasteiger partial charge in [-0.15, -0.1) is 0 Å². The lowest BCUT2D eigenvalue weighted by Gasteiger charge is -2.13. The topological polar surface area (TPSA) is 38.3 Å². The van der Waals surface area contributed by atoms with Gasteiger partial charge in [-0.25, -0.2) is 0 Å². The lowest BCUT2D eigenvalue weighted by molar-refractivity contribution is -0.132. The molecule has 1 saturated heterocycles. The smallest absolute Gasteiger partial charge is 0.591 e. The Hall–Kier alpha value is -0.645. The Morgan fingerprint density at radius 2 is 2.38 bits per heavy atom. The molecule has 0 saturated carbocycles. The average Bonchev–Trinajstić information content (AvgIpc) is 1.82. The first kappa shape index (κ1) is 5.49. The Morgan fingerprint density at radius 3 is 2.50 bits per heavy atom. The van der Waals surface area contributed by atoms with E-state index < -0.39 is 13.0 Å². The second-order valence-corrected chi connectivity index (χ2v) is 1.47. The Balaban J connectivity index is 2.56. The van der Waals surface area contributed by atoms with Crippen molar-refractivity contribution in [2.75, 3.05) is 6.54 Å². The second-order valence-electron chi connectivity index (χ2n) is 1.47.